The molecule has 0 aromatic heterocycles. The largest absolute Gasteiger partial charge is 0.501 e. The van der Waals surface area contributed by atoms with Gasteiger partial charge in [0.2, 0.25) is 0 Å². The van der Waals surface area contributed by atoms with Crippen LogP contribution >= 0.6 is 0 Å². The van der Waals surface area contributed by atoms with Gasteiger partial charge in [-0.3, -0.25) is 4.79 Å². The van der Waals surface area contributed by atoms with E-state index in [9.17, 15) is 4.79 Å². The molecule has 1 aromatic rings. The number of Topliss-reactive ketones (excluding diaryl/α,β-unsaturated/α-hetero) is 1. The number of allylic oxidation sites excluding steroid dienone is 3. The van der Waals surface area contributed by atoms with Gasteiger partial charge in [-0.2, -0.15) is 0 Å². The molecule has 3 aliphatic carbocycles. The number of carbonyl (C=O) groups excluding carboxylic acids is 1. The Hall–Kier alpha value is -2.11. The first kappa shape index (κ1) is 25.0. The molecule has 5 heteroatoms. The summed E-state index contributed by atoms with van der Waals surface area (Å²) in [5, 5.41) is 0. The van der Waals surface area contributed by atoms with Gasteiger partial charge in [-0.25, -0.2) is 0 Å². The number of hydrogen-bond acceptors (Lipinski definition) is 5. The summed E-state index contributed by atoms with van der Waals surface area (Å²) in [7, 11) is 5.20. The Kier molecular flexibility index (Phi) is 7.25. The predicted molar refractivity (Wildman–Crippen MR) is 133 cm³/mol. The second-order valence-corrected chi connectivity index (χ2v) is 11.0. The molecule has 1 saturated carbocycles. The van der Waals surface area contributed by atoms with Gasteiger partial charge >= 0.3 is 0 Å². The fourth-order valence-corrected chi connectivity index (χ4v) is 6.67. The number of ether oxygens (including phenoxy) is 4. The molecule has 0 amide bonds. The van der Waals surface area contributed by atoms with Crippen LogP contribution in [0.1, 0.15) is 58.4 Å². The van der Waals surface area contributed by atoms with Crippen molar-refractivity contribution in [3.05, 3.63) is 53.3 Å². The smallest absolute Gasteiger partial charge is 0.161 e. The molecule has 186 valence electrons. The highest BCUT2D eigenvalue weighted by Gasteiger charge is 2.55. The summed E-state index contributed by atoms with van der Waals surface area (Å²) >= 11 is 0. The molecule has 0 unspecified atom stereocenters. The van der Waals surface area contributed by atoms with E-state index in [0.717, 1.165) is 48.3 Å². The monoisotopic (exact) mass is 468 g/mol. The van der Waals surface area contributed by atoms with Gasteiger partial charge in [-0.05, 0) is 66.7 Å². The van der Waals surface area contributed by atoms with Crippen molar-refractivity contribution in [1.29, 1.82) is 0 Å². The Balaban J connectivity index is 1.63. The highest BCUT2D eigenvalue weighted by atomic mass is 16.5. The summed E-state index contributed by atoms with van der Waals surface area (Å²) in [5.41, 5.74) is 1.71. The highest BCUT2D eigenvalue weighted by Crippen LogP contribution is 2.58. The third-order valence-electron chi connectivity index (χ3n) is 8.69. The molecular formula is C29H40O5. The lowest BCUT2D eigenvalue weighted by atomic mass is 9.52. The van der Waals surface area contributed by atoms with Gasteiger partial charge in [-0.1, -0.05) is 39.0 Å². The molecule has 1 fully saturated rings. The Morgan fingerprint density at radius 1 is 1.03 bits per heavy atom. The quantitative estimate of drug-likeness (QED) is 0.522. The summed E-state index contributed by atoms with van der Waals surface area (Å²) in [6, 6.07) is 8.07. The highest BCUT2D eigenvalue weighted by molar-refractivity contribution is 5.99. The fourth-order valence-electron chi connectivity index (χ4n) is 6.67. The van der Waals surface area contributed by atoms with Crippen molar-refractivity contribution in [3.8, 4) is 5.75 Å². The molecule has 0 heterocycles. The number of fused-ring (bicyclic) bond motifs is 2. The molecule has 0 N–H and O–H groups in total. The summed E-state index contributed by atoms with van der Waals surface area (Å²) in [5.74, 6) is 2.58. The molecular weight excluding hydrogens is 428 g/mol. The standard InChI is InChI=1S/C29H40O5/c1-28(2)25-17-24(32-5)22-15-20(16-23(22)30)9-12-27(33-6)29(25,3)14-13-26(28)34-18-19-7-10-21(31-4)11-8-19/h7-8,10-12,15,20,24-26H,9,13-14,16-18H2,1-6H3/b27-12-/t20-,24-,25-,26+,29-/m1/s1. The van der Waals surface area contributed by atoms with E-state index in [-0.39, 0.29) is 40.7 Å². The van der Waals surface area contributed by atoms with Crippen LogP contribution in [0, 0.1) is 22.7 Å². The van der Waals surface area contributed by atoms with E-state index in [0.29, 0.717) is 13.0 Å². The van der Waals surface area contributed by atoms with E-state index < -0.39 is 0 Å². The Morgan fingerprint density at radius 2 is 1.76 bits per heavy atom. The Morgan fingerprint density at radius 3 is 2.41 bits per heavy atom. The number of ketones is 1. The molecule has 1 aromatic carbocycles. The number of benzene rings is 1. The Bertz CT molecular complexity index is 944. The predicted octanol–water partition coefficient (Wildman–Crippen LogP) is 5.88. The van der Waals surface area contributed by atoms with Gasteiger partial charge in [0.1, 0.15) is 5.75 Å². The average molecular weight is 469 g/mol. The van der Waals surface area contributed by atoms with Crippen LogP contribution in [0.3, 0.4) is 0 Å². The van der Waals surface area contributed by atoms with E-state index in [4.69, 9.17) is 18.9 Å². The van der Waals surface area contributed by atoms with Gasteiger partial charge in [0.25, 0.3) is 0 Å². The maximum atomic E-state index is 12.8. The van der Waals surface area contributed by atoms with Crippen LogP contribution in [0.2, 0.25) is 0 Å². The topological polar surface area (TPSA) is 54.0 Å². The number of methoxy groups -OCH3 is 3. The van der Waals surface area contributed by atoms with Gasteiger partial charge in [0.15, 0.2) is 5.78 Å². The summed E-state index contributed by atoms with van der Waals surface area (Å²) in [6.45, 7) is 7.52. The van der Waals surface area contributed by atoms with Crippen molar-refractivity contribution in [2.75, 3.05) is 21.3 Å². The zero-order chi connectivity index (χ0) is 24.5. The Labute approximate surface area is 204 Å². The van der Waals surface area contributed by atoms with Crippen molar-refractivity contribution in [3.63, 3.8) is 0 Å². The summed E-state index contributed by atoms with van der Waals surface area (Å²) in [6.07, 6.45) is 8.39. The van der Waals surface area contributed by atoms with Crippen LogP contribution in [0.4, 0.5) is 0 Å². The normalized spacial score (nSPS) is 34.5. The second kappa shape index (κ2) is 9.87. The third-order valence-corrected chi connectivity index (χ3v) is 8.69. The molecule has 3 aliphatic rings. The van der Waals surface area contributed by atoms with Gasteiger partial charge in [-0.15, -0.1) is 0 Å². The number of carbonyl (C=O) groups is 1. The first-order valence-corrected chi connectivity index (χ1v) is 12.5. The molecule has 4 rings (SSSR count). The summed E-state index contributed by atoms with van der Waals surface area (Å²) in [4.78, 5) is 12.8. The SMILES string of the molecule is CO/C1=C\C[C@@H]2C=C(C(=O)C2)[C@H](OC)C[C@@H]2C(C)(C)[C@@H](OCc3ccc(OC)cc3)CC[C@@]12C. The van der Waals surface area contributed by atoms with Gasteiger partial charge < -0.3 is 18.9 Å². The summed E-state index contributed by atoms with van der Waals surface area (Å²) < 4.78 is 23.9. The molecule has 5 nitrogen and oxygen atoms in total. The van der Waals surface area contributed by atoms with E-state index in [1.807, 2.05) is 12.1 Å². The van der Waals surface area contributed by atoms with Crippen LogP contribution in [-0.2, 0) is 25.6 Å². The van der Waals surface area contributed by atoms with Crippen LogP contribution in [0.15, 0.2) is 47.7 Å². The third kappa shape index (κ3) is 4.57. The maximum Gasteiger partial charge on any atom is 0.161 e. The number of hydrogen-bond donors (Lipinski definition) is 0. The molecule has 2 bridgehead atoms. The first-order chi connectivity index (χ1) is 16.2. The van der Waals surface area contributed by atoms with Gasteiger partial charge in [0, 0.05) is 24.5 Å². The molecule has 34 heavy (non-hydrogen) atoms. The van der Waals surface area contributed by atoms with Crippen molar-refractivity contribution in [1.82, 2.24) is 0 Å². The minimum absolute atomic E-state index is 0.0900. The van der Waals surface area contributed by atoms with Gasteiger partial charge in [0.05, 0.1) is 38.8 Å². The minimum Gasteiger partial charge on any atom is -0.501 e. The molecule has 0 aliphatic heterocycles. The number of rotatable bonds is 6. The van der Waals surface area contributed by atoms with Crippen LogP contribution < -0.4 is 4.74 Å². The first-order valence-electron chi connectivity index (χ1n) is 12.5. The molecule has 5 atom stereocenters. The maximum absolute atomic E-state index is 12.8. The van der Waals surface area contributed by atoms with Crippen molar-refractivity contribution >= 4 is 5.78 Å². The van der Waals surface area contributed by atoms with Crippen molar-refractivity contribution in [2.45, 2.75) is 71.7 Å². The molecule has 0 radical (unpaired) electrons. The van der Waals surface area contributed by atoms with Crippen LogP contribution in [0.25, 0.3) is 0 Å². The van der Waals surface area contributed by atoms with Crippen molar-refractivity contribution < 1.29 is 23.7 Å². The van der Waals surface area contributed by atoms with Crippen LogP contribution in [-0.4, -0.2) is 39.3 Å². The van der Waals surface area contributed by atoms with E-state index in [1.54, 1.807) is 21.3 Å². The van der Waals surface area contributed by atoms with E-state index in [2.05, 4.69) is 45.1 Å². The van der Waals surface area contributed by atoms with Crippen LogP contribution in [0.5, 0.6) is 5.75 Å². The lowest BCUT2D eigenvalue weighted by molar-refractivity contribution is -0.141. The lowest BCUT2D eigenvalue weighted by Crippen LogP contribution is -2.53. The lowest BCUT2D eigenvalue weighted by Gasteiger charge is -2.55. The minimum atomic E-state index is -0.197. The van der Waals surface area contributed by atoms with E-state index >= 15 is 0 Å². The zero-order valence-electron chi connectivity index (χ0n) is 21.6. The fraction of sp³-hybridized carbons (Fsp3) is 0.621. The average Bonchev–Trinajstić information content (AvgIpc) is 3.18. The second-order valence-electron chi connectivity index (χ2n) is 11.0. The zero-order valence-corrected chi connectivity index (χ0v) is 21.6. The van der Waals surface area contributed by atoms with Crippen molar-refractivity contribution in [2.24, 2.45) is 22.7 Å². The molecule has 0 saturated heterocycles. The van der Waals surface area contributed by atoms with E-state index in [1.165, 1.54) is 0 Å². The molecule has 0 spiro atoms.